The number of amides is 1. The first-order valence-electron chi connectivity index (χ1n) is 9.43. The molecule has 4 rings (SSSR count). The van der Waals surface area contributed by atoms with Gasteiger partial charge in [0, 0.05) is 29.7 Å². The van der Waals surface area contributed by atoms with Crippen LogP contribution in [0.15, 0.2) is 53.6 Å². The molecule has 1 fully saturated rings. The van der Waals surface area contributed by atoms with E-state index >= 15 is 0 Å². The van der Waals surface area contributed by atoms with Gasteiger partial charge in [0.15, 0.2) is 0 Å². The third-order valence-corrected chi connectivity index (χ3v) is 6.51. The van der Waals surface area contributed by atoms with Crippen LogP contribution in [0, 0.1) is 13.8 Å². The fourth-order valence-electron chi connectivity index (χ4n) is 3.38. The fraction of sp³-hybridized carbons (Fsp3) is 0.217. The molecule has 148 valence electrons. The quantitative estimate of drug-likeness (QED) is 0.420. The van der Waals surface area contributed by atoms with Crippen molar-refractivity contribution in [3.63, 3.8) is 0 Å². The first-order chi connectivity index (χ1) is 13.9. The van der Waals surface area contributed by atoms with Crippen LogP contribution in [0.5, 0.6) is 5.75 Å². The maximum Gasteiger partial charge on any atom is 0.265 e. The molecule has 0 unspecified atom stereocenters. The van der Waals surface area contributed by atoms with E-state index in [0.29, 0.717) is 15.8 Å². The van der Waals surface area contributed by atoms with E-state index in [4.69, 9.17) is 17.0 Å². The van der Waals surface area contributed by atoms with E-state index in [1.807, 2.05) is 18.2 Å². The Hall–Kier alpha value is -2.57. The van der Waals surface area contributed by atoms with Crippen LogP contribution in [0.3, 0.4) is 0 Å². The minimum atomic E-state index is -0.0462. The third-order valence-electron chi connectivity index (χ3n) is 5.03. The van der Waals surface area contributed by atoms with E-state index in [1.165, 1.54) is 22.2 Å². The van der Waals surface area contributed by atoms with Gasteiger partial charge in [-0.25, -0.2) is 0 Å². The molecule has 0 atom stereocenters. The Bertz CT molecular complexity index is 1150. The summed E-state index contributed by atoms with van der Waals surface area (Å²) in [7, 11) is 1.71. The molecule has 6 heteroatoms. The molecule has 1 saturated heterocycles. The Morgan fingerprint density at radius 1 is 1.17 bits per heavy atom. The molecule has 3 aromatic rings. The van der Waals surface area contributed by atoms with E-state index < -0.39 is 0 Å². The average molecular weight is 423 g/mol. The second-order valence-electron chi connectivity index (χ2n) is 7.15. The number of fused-ring (bicyclic) bond motifs is 1. The molecule has 2 aromatic carbocycles. The van der Waals surface area contributed by atoms with E-state index in [1.54, 1.807) is 7.05 Å². The summed E-state index contributed by atoms with van der Waals surface area (Å²) in [6.45, 7) is 5.41. The summed E-state index contributed by atoms with van der Waals surface area (Å²) in [4.78, 5) is 14.5. The molecule has 0 bridgehead atoms. The maximum absolute atomic E-state index is 12.4. The lowest BCUT2D eigenvalue weighted by molar-refractivity contribution is -0.121. The summed E-state index contributed by atoms with van der Waals surface area (Å²) < 4.78 is 8.81. The Morgan fingerprint density at radius 2 is 1.97 bits per heavy atom. The zero-order valence-electron chi connectivity index (χ0n) is 16.6. The van der Waals surface area contributed by atoms with Crippen molar-refractivity contribution in [1.29, 1.82) is 0 Å². The molecule has 1 aliphatic rings. The highest BCUT2D eigenvalue weighted by atomic mass is 32.2. The fourth-order valence-corrected chi connectivity index (χ4v) is 4.55. The van der Waals surface area contributed by atoms with Crippen LogP contribution in [0.2, 0.25) is 0 Å². The monoisotopic (exact) mass is 422 g/mol. The van der Waals surface area contributed by atoms with Crippen LogP contribution < -0.4 is 4.74 Å². The van der Waals surface area contributed by atoms with Gasteiger partial charge in [0.05, 0.1) is 11.4 Å². The van der Waals surface area contributed by atoms with Gasteiger partial charge in [-0.2, -0.15) is 0 Å². The van der Waals surface area contributed by atoms with Crippen LogP contribution in [0.1, 0.15) is 16.7 Å². The van der Waals surface area contributed by atoms with Crippen LogP contribution in [0.4, 0.5) is 0 Å². The average Bonchev–Trinajstić information content (AvgIpc) is 3.17. The highest BCUT2D eigenvalue weighted by Gasteiger charge is 2.29. The van der Waals surface area contributed by atoms with Crippen molar-refractivity contribution in [2.45, 2.75) is 20.4 Å². The lowest BCUT2D eigenvalue weighted by atomic mass is 10.1. The van der Waals surface area contributed by atoms with Gasteiger partial charge in [-0.3, -0.25) is 9.69 Å². The lowest BCUT2D eigenvalue weighted by Gasteiger charge is -2.11. The molecule has 2 heterocycles. The van der Waals surface area contributed by atoms with Crippen LogP contribution in [-0.4, -0.2) is 33.3 Å². The highest BCUT2D eigenvalue weighted by molar-refractivity contribution is 8.26. The molecule has 29 heavy (non-hydrogen) atoms. The van der Waals surface area contributed by atoms with Crippen molar-refractivity contribution < 1.29 is 9.53 Å². The first kappa shape index (κ1) is 19.7. The highest BCUT2D eigenvalue weighted by Crippen LogP contribution is 2.33. The number of carbonyl (C=O) groups excluding carboxylic acids is 1. The van der Waals surface area contributed by atoms with E-state index in [2.05, 4.69) is 54.9 Å². The molecule has 0 N–H and O–H groups in total. The number of thiocarbonyl (C=S) groups is 1. The second-order valence-corrected chi connectivity index (χ2v) is 8.83. The summed E-state index contributed by atoms with van der Waals surface area (Å²) in [5.74, 6) is 0.878. The summed E-state index contributed by atoms with van der Waals surface area (Å²) in [6.07, 6.45) is 4.02. The van der Waals surface area contributed by atoms with Gasteiger partial charge >= 0.3 is 0 Å². The van der Waals surface area contributed by atoms with Gasteiger partial charge in [-0.15, -0.1) is 0 Å². The molecule has 1 aromatic heterocycles. The minimum absolute atomic E-state index is 0.0462. The Kier molecular flexibility index (Phi) is 5.48. The van der Waals surface area contributed by atoms with Gasteiger partial charge in [0.1, 0.15) is 16.7 Å². The van der Waals surface area contributed by atoms with Crippen molar-refractivity contribution in [3.05, 3.63) is 70.3 Å². The number of aryl methyl sites for hydroxylation is 2. The summed E-state index contributed by atoms with van der Waals surface area (Å²) >= 11 is 6.59. The van der Waals surface area contributed by atoms with Crippen molar-refractivity contribution >= 4 is 51.2 Å². The van der Waals surface area contributed by atoms with Crippen LogP contribution >= 0.6 is 24.0 Å². The van der Waals surface area contributed by atoms with E-state index in [9.17, 15) is 4.79 Å². The van der Waals surface area contributed by atoms with Crippen LogP contribution in [-0.2, 0) is 11.3 Å². The summed E-state index contributed by atoms with van der Waals surface area (Å²) in [5, 5.41) is 1.11. The molecule has 4 nitrogen and oxygen atoms in total. The van der Waals surface area contributed by atoms with Crippen LogP contribution in [0.25, 0.3) is 17.0 Å². The number of ether oxygens (including phenoxy) is 1. The standard InChI is InChI=1S/C23H22N2O2S2/c1-15-8-9-16(2)20(12-15)27-11-10-25-14-17(18-6-4-5-7-19(18)25)13-21-22(26)24(3)23(28)29-21/h4-9,12-14H,10-11H2,1-3H3. The number of para-hydroxylation sites is 1. The normalized spacial score (nSPS) is 15.7. The number of benzene rings is 2. The van der Waals surface area contributed by atoms with Crippen molar-refractivity contribution in [1.82, 2.24) is 9.47 Å². The molecule has 1 aliphatic heterocycles. The Labute approximate surface area is 180 Å². The minimum Gasteiger partial charge on any atom is -0.491 e. The zero-order valence-corrected chi connectivity index (χ0v) is 18.3. The van der Waals surface area contributed by atoms with Gasteiger partial charge in [-0.1, -0.05) is 54.3 Å². The molecule has 0 spiro atoms. The largest absolute Gasteiger partial charge is 0.491 e. The Morgan fingerprint density at radius 3 is 2.72 bits per heavy atom. The number of carbonyl (C=O) groups is 1. The molecule has 0 aliphatic carbocycles. The van der Waals surface area contributed by atoms with E-state index in [0.717, 1.165) is 34.3 Å². The molecular formula is C23H22N2O2S2. The van der Waals surface area contributed by atoms with Gasteiger partial charge in [0.2, 0.25) is 0 Å². The lowest BCUT2D eigenvalue weighted by Crippen LogP contribution is -2.22. The van der Waals surface area contributed by atoms with Crippen molar-refractivity contribution in [2.75, 3.05) is 13.7 Å². The number of thioether (sulfide) groups is 1. The molecule has 0 saturated carbocycles. The number of likely N-dealkylation sites (N-methyl/N-ethyl adjacent to an activating group) is 1. The van der Waals surface area contributed by atoms with Gasteiger partial charge in [-0.05, 0) is 43.2 Å². The zero-order chi connectivity index (χ0) is 20.5. The smallest absolute Gasteiger partial charge is 0.265 e. The van der Waals surface area contributed by atoms with Crippen molar-refractivity contribution in [3.8, 4) is 5.75 Å². The Balaban J connectivity index is 1.59. The number of nitrogens with zero attached hydrogens (tertiary/aromatic N) is 2. The molecule has 0 radical (unpaired) electrons. The topological polar surface area (TPSA) is 34.5 Å². The number of hydrogen-bond acceptors (Lipinski definition) is 4. The third kappa shape index (κ3) is 3.95. The SMILES string of the molecule is Cc1ccc(C)c(OCCn2cc(C=C3SC(=S)N(C)C3=O)c3ccccc32)c1. The molecule has 1 amide bonds. The maximum atomic E-state index is 12.4. The number of hydrogen-bond donors (Lipinski definition) is 0. The summed E-state index contributed by atoms with van der Waals surface area (Å²) in [6, 6.07) is 14.5. The van der Waals surface area contributed by atoms with Gasteiger partial charge < -0.3 is 9.30 Å². The predicted molar refractivity (Wildman–Crippen MR) is 124 cm³/mol. The van der Waals surface area contributed by atoms with Crippen molar-refractivity contribution in [2.24, 2.45) is 0 Å². The first-order valence-corrected chi connectivity index (χ1v) is 10.7. The van der Waals surface area contributed by atoms with Gasteiger partial charge in [0.25, 0.3) is 5.91 Å². The summed E-state index contributed by atoms with van der Waals surface area (Å²) in [5.41, 5.74) is 4.46. The van der Waals surface area contributed by atoms with E-state index in [-0.39, 0.29) is 5.91 Å². The predicted octanol–water partition coefficient (Wildman–Crippen LogP) is 5.17. The number of rotatable bonds is 5. The number of aromatic nitrogens is 1. The second kappa shape index (κ2) is 8.05. The molecular weight excluding hydrogens is 400 g/mol.